The van der Waals surface area contributed by atoms with E-state index >= 15 is 0 Å². The van der Waals surface area contributed by atoms with Crippen molar-refractivity contribution in [3.8, 4) is 5.75 Å². The number of alkyl halides is 3. The van der Waals surface area contributed by atoms with E-state index in [0.717, 1.165) is 44.9 Å². The number of rotatable bonds is 9. The largest absolute Gasteiger partial charge is 0.573 e. The fraction of sp³-hybridized carbons (Fsp3) is 0.588. The molecule has 0 unspecified atom stereocenters. The van der Waals surface area contributed by atoms with Crippen LogP contribution in [-0.4, -0.2) is 86.3 Å². The number of ether oxygens (including phenoxy) is 2. The molecule has 27 heavy (non-hydrogen) atoms. The first-order valence-corrected chi connectivity index (χ1v) is 8.65. The zero-order valence-electron chi connectivity index (χ0n) is 14.9. The van der Waals surface area contributed by atoms with Crippen LogP contribution in [0.25, 0.3) is 0 Å². The third-order valence-corrected chi connectivity index (χ3v) is 3.99. The molecule has 0 radical (unpaired) electrons. The Morgan fingerprint density at radius 1 is 1.07 bits per heavy atom. The van der Waals surface area contributed by atoms with E-state index < -0.39 is 6.36 Å². The van der Waals surface area contributed by atoms with Crippen LogP contribution in [0.15, 0.2) is 24.3 Å². The smallest absolute Gasteiger partial charge is 0.406 e. The number of carbonyl (C=O) groups excluding carboxylic acids is 1. The number of anilines is 1. The molecular weight excluding hydrogens is 367 g/mol. The molecule has 10 heteroatoms. The zero-order valence-corrected chi connectivity index (χ0v) is 14.9. The van der Waals surface area contributed by atoms with Crippen LogP contribution in [0.2, 0.25) is 0 Å². The minimum atomic E-state index is -4.74. The van der Waals surface area contributed by atoms with Gasteiger partial charge in [-0.1, -0.05) is 0 Å². The molecule has 2 N–H and O–H groups in total. The molecule has 0 aliphatic carbocycles. The van der Waals surface area contributed by atoms with Crippen LogP contribution < -0.4 is 10.1 Å². The lowest BCUT2D eigenvalue weighted by molar-refractivity contribution is -0.274. The van der Waals surface area contributed by atoms with Crippen molar-refractivity contribution in [3.63, 3.8) is 0 Å². The van der Waals surface area contributed by atoms with Gasteiger partial charge in [0.25, 0.3) is 0 Å². The molecule has 1 aliphatic rings. The summed E-state index contributed by atoms with van der Waals surface area (Å²) >= 11 is 0. The van der Waals surface area contributed by atoms with Gasteiger partial charge in [0.1, 0.15) is 5.75 Å². The highest BCUT2D eigenvalue weighted by Gasteiger charge is 2.31. The van der Waals surface area contributed by atoms with Gasteiger partial charge in [0.15, 0.2) is 0 Å². The average Bonchev–Trinajstić information content (AvgIpc) is 2.60. The number of halogens is 3. The van der Waals surface area contributed by atoms with Crippen LogP contribution in [0.4, 0.5) is 18.9 Å². The summed E-state index contributed by atoms with van der Waals surface area (Å²) in [6, 6.07) is 5.04. The van der Waals surface area contributed by atoms with E-state index in [1.165, 1.54) is 12.1 Å². The predicted octanol–water partition coefficient (Wildman–Crippen LogP) is 1.15. The summed E-state index contributed by atoms with van der Waals surface area (Å²) in [5, 5.41) is 11.3. The molecule has 0 aromatic heterocycles. The number of aliphatic hydroxyl groups is 1. The topological polar surface area (TPSA) is 74.3 Å². The minimum Gasteiger partial charge on any atom is -0.406 e. The highest BCUT2D eigenvalue weighted by molar-refractivity contribution is 5.92. The molecule has 2 rings (SSSR count). The van der Waals surface area contributed by atoms with Gasteiger partial charge in [-0.2, -0.15) is 0 Å². The van der Waals surface area contributed by atoms with Crippen molar-refractivity contribution in [2.75, 3.05) is 64.4 Å². The molecule has 1 aromatic rings. The van der Waals surface area contributed by atoms with Crippen LogP contribution in [0, 0.1) is 0 Å². The molecule has 152 valence electrons. The second-order valence-electron chi connectivity index (χ2n) is 6.07. The van der Waals surface area contributed by atoms with Crippen molar-refractivity contribution in [3.05, 3.63) is 24.3 Å². The highest BCUT2D eigenvalue weighted by atomic mass is 19.4. The molecule has 1 saturated heterocycles. The first kappa shape index (κ1) is 21.4. The number of nitrogens with one attached hydrogen (secondary N) is 1. The number of hydrogen-bond donors (Lipinski definition) is 2. The van der Waals surface area contributed by atoms with Gasteiger partial charge < -0.3 is 19.9 Å². The number of piperazine rings is 1. The molecule has 0 atom stereocenters. The van der Waals surface area contributed by atoms with Crippen LogP contribution >= 0.6 is 0 Å². The second-order valence-corrected chi connectivity index (χ2v) is 6.07. The van der Waals surface area contributed by atoms with Crippen molar-refractivity contribution >= 4 is 11.6 Å². The Bertz CT molecular complexity index is 576. The lowest BCUT2D eigenvalue weighted by Crippen LogP contribution is -2.49. The van der Waals surface area contributed by atoms with Gasteiger partial charge in [0, 0.05) is 38.4 Å². The Hall–Kier alpha value is -1.88. The number of nitrogens with zero attached hydrogens (tertiary/aromatic N) is 2. The van der Waals surface area contributed by atoms with Gasteiger partial charge in [-0.3, -0.25) is 14.6 Å². The Balaban J connectivity index is 1.67. The molecule has 0 bridgehead atoms. The van der Waals surface area contributed by atoms with Crippen LogP contribution in [0.5, 0.6) is 5.75 Å². The van der Waals surface area contributed by atoms with E-state index in [9.17, 15) is 18.0 Å². The molecule has 0 saturated carbocycles. The first-order valence-electron chi connectivity index (χ1n) is 8.65. The maximum absolute atomic E-state index is 12.1. The van der Waals surface area contributed by atoms with Gasteiger partial charge in [0.2, 0.25) is 5.91 Å². The summed E-state index contributed by atoms with van der Waals surface area (Å²) in [7, 11) is 0. The summed E-state index contributed by atoms with van der Waals surface area (Å²) in [6.45, 7) is 5.04. The average molecular weight is 391 g/mol. The molecule has 1 heterocycles. The van der Waals surface area contributed by atoms with E-state index in [1.807, 2.05) is 4.90 Å². The minimum absolute atomic E-state index is 0.0149. The van der Waals surface area contributed by atoms with Gasteiger partial charge in [0.05, 0.1) is 26.4 Å². The van der Waals surface area contributed by atoms with Gasteiger partial charge in [-0.15, -0.1) is 13.2 Å². The number of amides is 1. The molecule has 1 aromatic carbocycles. The SMILES string of the molecule is O=C(CN1CCN(CCOCCO)CC1)Nc1ccc(OC(F)(F)F)cc1. The molecule has 7 nitrogen and oxygen atoms in total. The molecule has 1 aliphatic heterocycles. The Morgan fingerprint density at radius 3 is 2.30 bits per heavy atom. The fourth-order valence-electron chi connectivity index (χ4n) is 2.67. The molecular formula is C17H24F3N3O4. The van der Waals surface area contributed by atoms with Crippen LogP contribution in [0.1, 0.15) is 0 Å². The number of carbonyl (C=O) groups is 1. The van der Waals surface area contributed by atoms with Crippen molar-refractivity contribution < 1.29 is 32.5 Å². The number of aliphatic hydroxyl groups excluding tert-OH is 1. The number of hydrogen-bond acceptors (Lipinski definition) is 6. The Morgan fingerprint density at radius 2 is 1.70 bits per heavy atom. The number of benzene rings is 1. The van der Waals surface area contributed by atoms with E-state index in [2.05, 4.69) is 15.0 Å². The summed E-state index contributed by atoms with van der Waals surface area (Å²) in [6.07, 6.45) is -4.74. The Kier molecular flexibility index (Phi) is 8.29. The summed E-state index contributed by atoms with van der Waals surface area (Å²) in [4.78, 5) is 16.3. The lowest BCUT2D eigenvalue weighted by Gasteiger charge is -2.34. The third-order valence-electron chi connectivity index (χ3n) is 3.99. The van der Waals surface area contributed by atoms with Crippen molar-refractivity contribution in [2.45, 2.75) is 6.36 Å². The summed E-state index contributed by atoms with van der Waals surface area (Å²) in [5.41, 5.74) is 0.411. The van der Waals surface area contributed by atoms with E-state index in [4.69, 9.17) is 9.84 Å². The van der Waals surface area contributed by atoms with E-state index in [1.54, 1.807) is 0 Å². The van der Waals surface area contributed by atoms with Crippen molar-refractivity contribution in [1.29, 1.82) is 0 Å². The fourth-order valence-corrected chi connectivity index (χ4v) is 2.67. The lowest BCUT2D eigenvalue weighted by atomic mass is 10.3. The highest BCUT2D eigenvalue weighted by Crippen LogP contribution is 2.23. The van der Waals surface area contributed by atoms with Gasteiger partial charge in [-0.25, -0.2) is 0 Å². The predicted molar refractivity (Wildman–Crippen MR) is 92.5 cm³/mol. The summed E-state index contributed by atoms with van der Waals surface area (Å²) in [5.74, 6) is -0.557. The monoisotopic (exact) mass is 391 g/mol. The summed E-state index contributed by atoms with van der Waals surface area (Å²) < 4.78 is 45.4. The van der Waals surface area contributed by atoms with Crippen LogP contribution in [0.3, 0.4) is 0 Å². The standard InChI is InChI=1S/C17H24F3N3O4/c18-17(19,20)27-15-3-1-14(2-4-15)21-16(25)13-23-7-5-22(6-8-23)9-11-26-12-10-24/h1-4,24H,5-13H2,(H,21,25). The van der Waals surface area contributed by atoms with Gasteiger partial charge in [-0.05, 0) is 24.3 Å². The molecule has 1 fully saturated rings. The maximum atomic E-state index is 12.1. The van der Waals surface area contributed by atoms with Crippen LogP contribution in [-0.2, 0) is 9.53 Å². The van der Waals surface area contributed by atoms with Crippen molar-refractivity contribution in [2.24, 2.45) is 0 Å². The van der Waals surface area contributed by atoms with Crippen molar-refractivity contribution in [1.82, 2.24) is 9.80 Å². The first-order chi connectivity index (χ1) is 12.9. The van der Waals surface area contributed by atoms with Gasteiger partial charge >= 0.3 is 6.36 Å². The Labute approximate surface area is 155 Å². The van der Waals surface area contributed by atoms with E-state index in [-0.39, 0.29) is 24.8 Å². The molecule has 0 spiro atoms. The normalized spacial score (nSPS) is 16.3. The van der Waals surface area contributed by atoms with E-state index in [0.29, 0.717) is 18.9 Å². The molecule has 1 amide bonds. The quantitative estimate of drug-likeness (QED) is 0.616. The third kappa shape index (κ3) is 8.57. The zero-order chi connectivity index (χ0) is 19.7. The second kappa shape index (κ2) is 10.5. The maximum Gasteiger partial charge on any atom is 0.573 e.